The molecule has 0 saturated heterocycles. The van der Waals surface area contributed by atoms with E-state index in [-0.39, 0.29) is 0 Å². The molecule has 0 radical (unpaired) electrons. The van der Waals surface area contributed by atoms with E-state index in [1.807, 2.05) is 24.3 Å². The zero-order valence-corrected chi connectivity index (χ0v) is 11.1. The molecule has 0 N–H and O–H groups in total. The predicted molar refractivity (Wildman–Crippen MR) is 72.7 cm³/mol. The lowest BCUT2D eigenvalue weighted by molar-refractivity contribution is -0.119. The molecule has 2 nitrogen and oxygen atoms in total. The quantitative estimate of drug-likeness (QED) is 0.742. The van der Waals surface area contributed by atoms with E-state index < -0.39 is 0 Å². The summed E-state index contributed by atoms with van der Waals surface area (Å²) in [5, 5.41) is 0. The fourth-order valence-electron chi connectivity index (χ4n) is 2.47. The number of ketones is 1. The number of Topliss-reactive ketones (excluding diaryl/α,β-unsaturated/α-hetero) is 1. The van der Waals surface area contributed by atoms with E-state index in [4.69, 9.17) is 4.74 Å². The van der Waals surface area contributed by atoms with Crippen molar-refractivity contribution in [3.63, 3.8) is 0 Å². The highest BCUT2D eigenvalue weighted by Gasteiger charge is 2.18. The largest absolute Gasteiger partial charge is 0.497 e. The molecule has 1 aliphatic rings. The molecule has 0 amide bonds. The van der Waals surface area contributed by atoms with Crippen LogP contribution in [0, 0.1) is 11.8 Å². The van der Waals surface area contributed by atoms with E-state index in [0.717, 1.165) is 17.7 Å². The molecular weight excluding hydrogens is 224 g/mol. The molecule has 2 heteroatoms. The Kier molecular flexibility index (Phi) is 4.19. The van der Waals surface area contributed by atoms with Crippen LogP contribution in [-0.2, 0) is 11.2 Å². The van der Waals surface area contributed by atoms with Crippen LogP contribution < -0.4 is 4.74 Å². The van der Waals surface area contributed by atoms with Gasteiger partial charge in [0.2, 0.25) is 0 Å². The number of allylic oxidation sites excluding steroid dienone is 2. The summed E-state index contributed by atoms with van der Waals surface area (Å²) in [7, 11) is 1.65. The monoisotopic (exact) mass is 244 g/mol. The summed E-state index contributed by atoms with van der Waals surface area (Å²) in [6, 6.07) is 7.73. The van der Waals surface area contributed by atoms with Gasteiger partial charge in [0.25, 0.3) is 0 Å². The van der Waals surface area contributed by atoms with Gasteiger partial charge in [-0.3, -0.25) is 4.79 Å². The number of carbonyl (C=O) groups is 1. The van der Waals surface area contributed by atoms with E-state index in [0.29, 0.717) is 30.5 Å². The fourth-order valence-corrected chi connectivity index (χ4v) is 2.47. The predicted octanol–water partition coefficient (Wildman–Crippen LogP) is 3.41. The second-order valence-corrected chi connectivity index (χ2v) is 5.13. The van der Waals surface area contributed by atoms with Crippen molar-refractivity contribution in [2.45, 2.75) is 26.2 Å². The van der Waals surface area contributed by atoms with Gasteiger partial charge < -0.3 is 4.74 Å². The number of carbonyl (C=O) groups excluding carboxylic acids is 1. The molecule has 2 unspecified atom stereocenters. The van der Waals surface area contributed by atoms with Crippen molar-refractivity contribution in [3.05, 3.63) is 42.0 Å². The number of benzene rings is 1. The first kappa shape index (κ1) is 12.9. The topological polar surface area (TPSA) is 26.3 Å². The second kappa shape index (κ2) is 5.85. The Bertz CT molecular complexity index is 431. The number of rotatable bonds is 5. The van der Waals surface area contributed by atoms with Crippen molar-refractivity contribution >= 4 is 5.78 Å². The minimum atomic E-state index is 0.323. The molecule has 0 bridgehead atoms. The Labute approximate surface area is 109 Å². The first-order valence-corrected chi connectivity index (χ1v) is 6.50. The smallest absolute Gasteiger partial charge is 0.137 e. The van der Waals surface area contributed by atoms with Crippen molar-refractivity contribution < 1.29 is 9.53 Å². The molecule has 0 aromatic heterocycles. The average molecular weight is 244 g/mol. The minimum absolute atomic E-state index is 0.323. The van der Waals surface area contributed by atoms with Gasteiger partial charge in [-0.25, -0.2) is 0 Å². The van der Waals surface area contributed by atoms with Crippen LogP contribution in [0.15, 0.2) is 36.4 Å². The van der Waals surface area contributed by atoms with Crippen LogP contribution >= 0.6 is 0 Å². The zero-order valence-electron chi connectivity index (χ0n) is 11.1. The molecule has 0 aliphatic heterocycles. The molecule has 2 atom stereocenters. The molecule has 96 valence electrons. The average Bonchev–Trinajstić information content (AvgIpc) is 2.75. The second-order valence-electron chi connectivity index (χ2n) is 5.13. The maximum atomic E-state index is 12.0. The highest BCUT2D eigenvalue weighted by Crippen LogP contribution is 2.26. The lowest BCUT2D eigenvalue weighted by Crippen LogP contribution is -2.08. The summed E-state index contributed by atoms with van der Waals surface area (Å²) < 4.78 is 5.10. The summed E-state index contributed by atoms with van der Waals surface area (Å²) >= 11 is 0. The summed E-state index contributed by atoms with van der Waals surface area (Å²) in [5.74, 6) is 2.23. The Balaban J connectivity index is 1.85. The zero-order chi connectivity index (χ0) is 13.0. The molecule has 1 aliphatic carbocycles. The third kappa shape index (κ3) is 3.46. The van der Waals surface area contributed by atoms with Crippen LogP contribution in [0.2, 0.25) is 0 Å². The van der Waals surface area contributed by atoms with Gasteiger partial charge >= 0.3 is 0 Å². The van der Waals surface area contributed by atoms with Gasteiger partial charge in [0, 0.05) is 12.8 Å². The SMILES string of the molecule is COc1ccc(CC(=O)CC2C=CC(C)C2)cc1. The van der Waals surface area contributed by atoms with Crippen molar-refractivity contribution in [2.75, 3.05) is 7.11 Å². The van der Waals surface area contributed by atoms with E-state index in [2.05, 4.69) is 19.1 Å². The van der Waals surface area contributed by atoms with Gasteiger partial charge in [-0.15, -0.1) is 0 Å². The van der Waals surface area contributed by atoms with Crippen LogP contribution in [0.1, 0.15) is 25.3 Å². The lowest BCUT2D eigenvalue weighted by Gasteiger charge is -2.08. The molecule has 0 spiro atoms. The van der Waals surface area contributed by atoms with E-state index in [1.165, 1.54) is 0 Å². The molecule has 1 aromatic rings. The number of hydrogen-bond donors (Lipinski definition) is 0. The summed E-state index contributed by atoms with van der Waals surface area (Å²) in [6.07, 6.45) is 6.73. The van der Waals surface area contributed by atoms with E-state index >= 15 is 0 Å². The third-order valence-corrected chi connectivity index (χ3v) is 3.44. The van der Waals surface area contributed by atoms with Crippen LogP contribution in [-0.4, -0.2) is 12.9 Å². The van der Waals surface area contributed by atoms with Crippen LogP contribution in [0.3, 0.4) is 0 Å². The molecule has 2 rings (SSSR count). The van der Waals surface area contributed by atoms with Crippen molar-refractivity contribution in [2.24, 2.45) is 11.8 Å². The van der Waals surface area contributed by atoms with Gasteiger partial charge in [0.15, 0.2) is 0 Å². The molecule has 0 fully saturated rings. The van der Waals surface area contributed by atoms with E-state index in [1.54, 1.807) is 7.11 Å². The first-order chi connectivity index (χ1) is 8.67. The fraction of sp³-hybridized carbons (Fsp3) is 0.438. The lowest BCUT2D eigenvalue weighted by atomic mass is 9.96. The molecule has 18 heavy (non-hydrogen) atoms. The standard InChI is InChI=1S/C16H20O2/c1-12-3-4-14(9-12)11-15(17)10-13-5-7-16(18-2)8-6-13/h3-8,12,14H,9-11H2,1-2H3. The third-order valence-electron chi connectivity index (χ3n) is 3.44. The van der Waals surface area contributed by atoms with Gasteiger partial charge in [0.05, 0.1) is 7.11 Å². The van der Waals surface area contributed by atoms with Gasteiger partial charge in [-0.2, -0.15) is 0 Å². The van der Waals surface area contributed by atoms with Crippen LogP contribution in [0.4, 0.5) is 0 Å². The highest BCUT2D eigenvalue weighted by molar-refractivity contribution is 5.81. The normalized spacial score (nSPS) is 22.1. The van der Waals surface area contributed by atoms with E-state index in [9.17, 15) is 4.79 Å². The van der Waals surface area contributed by atoms with Crippen molar-refractivity contribution in [1.82, 2.24) is 0 Å². The van der Waals surface area contributed by atoms with Crippen molar-refractivity contribution in [3.8, 4) is 5.75 Å². The highest BCUT2D eigenvalue weighted by atomic mass is 16.5. The van der Waals surface area contributed by atoms with Crippen molar-refractivity contribution in [1.29, 1.82) is 0 Å². The van der Waals surface area contributed by atoms with Crippen LogP contribution in [0.5, 0.6) is 5.75 Å². The Morgan fingerprint density at radius 2 is 2.00 bits per heavy atom. The number of ether oxygens (including phenoxy) is 1. The summed E-state index contributed by atoms with van der Waals surface area (Å²) in [6.45, 7) is 2.20. The number of methoxy groups -OCH3 is 1. The maximum absolute atomic E-state index is 12.0. The van der Waals surface area contributed by atoms with Gasteiger partial charge in [0.1, 0.15) is 11.5 Å². The minimum Gasteiger partial charge on any atom is -0.497 e. The van der Waals surface area contributed by atoms with Gasteiger partial charge in [-0.05, 0) is 36.0 Å². The molecule has 1 aromatic carbocycles. The number of hydrogen-bond acceptors (Lipinski definition) is 2. The molecule has 0 saturated carbocycles. The Morgan fingerprint density at radius 3 is 2.56 bits per heavy atom. The maximum Gasteiger partial charge on any atom is 0.137 e. The summed E-state index contributed by atoms with van der Waals surface area (Å²) in [4.78, 5) is 12.0. The molecule has 0 heterocycles. The first-order valence-electron chi connectivity index (χ1n) is 6.50. The summed E-state index contributed by atoms with van der Waals surface area (Å²) in [5.41, 5.74) is 1.07. The Morgan fingerprint density at radius 1 is 1.28 bits per heavy atom. The van der Waals surface area contributed by atoms with Gasteiger partial charge in [-0.1, -0.05) is 31.2 Å². The molecular formula is C16H20O2. The van der Waals surface area contributed by atoms with Crippen LogP contribution in [0.25, 0.3) is 0 Å². The Hall–Kier alpha value is -1.57.